The number of aromatic nitrogens is 2. The molecule has 0 amide bonds. The molecule has 102 valence electrons. The highest BCUT2D eigenvalue weighted by Crippen LogP contribution is 2.34. The van der Waals surface area contributed by atoms with Crippen molar-refractivity contribution < 1.29 is 9.47 Å². The molecule has 0 spiro atoms. The van der Waals surface area contributed by atoms with Crippen LogP contribution in [0, 0.1) is 0 Å². The zero-order chi connectivity index (χ0) is 13.4. The van der Waals surface area contributed by atoms with E-state index < -0.39 is 0 Å². The van der Waals surface area contributed by atoms with Crippen LogP contribution in [0.2, 0.25) is 0 Å². The van der Waals surface area contributed by atoms with E-state index in [1.54, 1.807) is 0 Å². The SMILES string of the molecule is c1cc2c(cc1-c1ccc(NC3CC3)nn1)OCCO2. The molecule has 4 rings (SSSR count). The Morgan fingerprint density at radius 2 is 1.80 bits per heavy atom. The summed E-state index contributed by atoms with van der Waals surface area (Å²) in [6.07, 6.45) is 2.46. The van der Waals surface area contributed by atoms with Crippen LogP contribution < -0.4 is 14.8 Å². The van der Waals surface area contributed by atoms with Crippen LogP contribution in [0.3, 0.4) is 0 Å². The first-order chi connectivity index (χ1) is 9.88. The number of nitrogens with zero attached hydrogens (tertiary/aromatic N) is 2. The van der Waals surface area contributed by atoms with Crippen molar-refractivity contribution in [3.8, 4) is 22.8 Å². The minimum Gasteiger partial charge on any atom is -0.486 e. The Morgan fingerprint density at radius 1 is 0.950 bits per heavy atom. The summed E-state index contributed by atoms with van der Waals surface area (Å²) in [5, 5.41) is 11.8. The number of rotatable bonds is 3. The second-order valence-corrected chi connectivity index (χ2v) is 5.08. The number of fused-ring (bicyclic) bond motifs is 1. The lowest BCUT2D eigenvalue weighted by Gasteiger charge is -2.18. The van der Waals surface area contributed by atoms with Gasteiger partial charge < -0.3 is 14.8 Å². The van der Waals surface area contributed by atoms with Gasteiger partial charge in [-0.15, -0.1) is 10.2 Å². The average molecular weight is 269 g/mol. The van der Waals surface area contributed by atoms with Gasteiger partial charge in [0.1, 0.15) is 19.0 Å². The topological polar surface area (TPSA) is 56.3 Å². The van der Waals surface area contributed by atoms with Gasteiger partial charge in [0.15, 0.2) is 11.5 Å². The van der Waals surface area contributed by atoms with E-state index >= 15 is 0 Å². The Kier molecular flexibility index (Phi) is 2.69. The van der Waals surface area contributed by atoms with Crippen molar-refractivity contribution in [3.63, 3.8) is 0 Å². The Hall–Kier alpha value is -2.30. The molecule has 1 aromatic heterocycles. The van der Waals surface area contributed by atoms with E-state index in [1.807, 2.05) is 30.3 Å². The van der Waals surface area contributed by atoms with Crippen molar-refractivity contribution in [2.24, 2.45) is 0 Å². The molecule has 1 fully saturated rings. The first-order valence-corrected chi connectivity index (χ1v) is 6.89. The van der Waals surface area contributed by atoms with E-state index in [1.165, 1.54) is 12.8 Å². The lowest BCUT2D eigenvalue weighted by Crippen LogP contribution is -2.15. The van der Waals surface area contributed by atoms with E-state index in [-0.39, 0.29) is 0 Å². The number of anilines is 1. The van der Waals surface area contributed by atoms with Gasteiger partial charge in [-0.1, -0.05) is 0 Å². The summed E-state index contributed by atoms with van der Waals surface area (Å²) in [5.74, 6) is 2.41. The maximum atomic E-state index is 5.58. The molecule has 1 saturated carbocycles. The molecule has 5 heteroatoms. The molecule has 1 aromatic carbocycles. The predicted molar refractivity (Wildman–Crippen MR) is 75.1 cm³/mol. The summed E-state index contributed by atoms with van der Waals surface area (Å²) in [6.45, 7) is 1.19. The summed E-state index contributed by atoms with van der Waals surface area (Å²) in [7, 11) is 0. The monoisotopic (exact) mass is 269 g/mol. The Labute approximate surface area is 116 Å². The highest BCUT2D eigenvalue weighted by molar-refractivity contribution is 5.64. The van der Waals surface area contributed by atoms with Crippen molar-refractivity contribution >= 4 is 5.82 Å². The van der Waals surface area contributed by atoms with E-state index in [0.29, 0.717) is 19.3 Å². The Balaban J connectivity index is 1.59. The van der Waals surface area contributed by atoms with Crippen molar-refractivity contribution in [2.45, 2.75) is 18.9 Å². The molecule has 5 nitrogen and oxygen atoms in total. The fourth-order valence-electron chi connectivity index (χ4n) is 2.20. The highest BCUT2D eigenvalue weighted by atomic mass is 16.6. The van der Waals surface area contributed by atoms with E-state index in [0.717, 1.165) is 28.6 Å². The van der Waals surface area contributed by atoms with Crippen LogP contribution >= 0.6 is 0 Å². The van der Waals surface area contributed by atoms with Gasteiger partial charge >= 0.3 is 0 Å². The molecule has 2 heterocycles. The summed E-state index contributed by atoms with van der Waals surface area (Å²) in [4.78, 5) is 0. The summed E-state index contributed by atoms with van der Waals surface area (Å²) in [5.41, 5.74) is 1.82. The zero-order valence-electron chi connectivity index (χ0n) is 11.0. The van der Waals surface area contributed by atoms with Gasteiger partial charge in [0.05, 0.1) is 5.69 Å². The smallest absolute Gasteiger partial charge is 0.162 e. The fraction of sp³-hybridized carbons (Fsp3) is 0.333. The average Bonchev–Trinajstić information content (AvgIpc) is 3.32. The van der Waals surface area contributed by atoms with Gasteiger partial charge in [0, 0.05) is 11.6 Å². The molecule has 0 unspecified atom stereocenters. The van der Waals surface area contributed by atoms with E-state index in [9.17, 15) is 0 Å². The lowest BCUT2D eigenvalue weighted by molar-refractivity contribution is 0.171. The van der Waals surface area contributed by atoms with Gasteiger partial charge in [-0.05, 0) is 43.2 Å². The maximum Gasteiger partial charge on any atom is 0.162 e. The second kappa shape index (κ2) is 4.67. The number of benzene rings is 1. The highest BCUT2D eigenvalue weighted by Gasteiger charge is 2.21. The summed E-state index contributed by atoms with van der Waals surface area (Å²) < 4.78 is 11.1. The van der Waals surface area contributed by atoms with Crippen LogP contribution in [-0.4, -0.2) is 29.5 Å². The van der Waals surface area contributed by atoms with E-state index in [4.69, 9.17) is 9.47 Å². The molecule has 0 bridgehead atoms. The van der Waals surface area contributed by atoms with Gasteiger partial charge in [-0.25, -0.2) is 0 Å². The van der Waals surface area contributed by atoms with Gasteiger partial charge in [0.25, 0.3) is 0 Å². The molecular weight excluding hydrogens is 254 g/mol. The molecule has 20 heavy (non-hydrogen) atoms. The quantitative estimate of drug-likeness (QED) is 0.927. The van der Waals surface area contributed by atoms with Crippen LogP contribution in [0.15, 0.2) is 30.3 Å². The molecule has 0 radical (unpaired) electrons. The van der Waals surface area contributed by atoms with Gasteiger partial charge in [-0.2, -0.15) is 0 Å². The van der Waals surface area contributed by atoms with Crippen molar-refractivity contribution in [1.29, 1.82) is 0 Å². The van der Waals surface area contributed by atoms with Gasteiger partial charge in [0.2, 0.25) is 0 Å². The minimum atomic E-state index is 0.587. The molecular formula is C15H15N3O2. The summed E-state index contributed by atoms with van der Waals surface area (Å²) >= 11 is 0. The molecule has 1 aliphatic carbocycles. The zero-order valence-corrected chi connectivity index (χ0v) is 11.0. The van der Waals surface area contributed by atoms with Crippen LogP contribution in [0.5, 0.6) is 11.5 Å². The number of nitrogens with one attached hydrogen (secondary N) is 1. The first kappa shape index (κ1) is 11.5. The van der Waals surface area contributed by atoms with Crippen LogP contribution in [0.25, 0.3) is 11.3 Å². The third-order valence-corrected chi connectivity index (χ3v) is 3.43. The fourth-order valence-corrected chi connectivity index (χ4v) is 2.20. The van der Waals surface area contributed by atoms with Crippen molar-refractivity contribution in [3.05, 3.63) is 30.3 Å². The van der Waals surface area contributed by atoms with Crippen LogP contribution in [0.1, 0.15) is 12.8 Å². The number of hydrogen-bond donors (Lipinski definition) is 1. The van der Waals surface area contributed by atoms with Crippen LogP contribution in [0.4, 0.5) is 5.82 Å². The third-order valence-electron chi connectivity index (χ3n) is 3.43. The third kappa shape index (κ3) is 2.27. The van der Waals surface area contributed by atoms with Gasteiger partial charge in [-0.3, -0.25) is 0 Å². The Morgan fingerprint density at radius 3 is 2.55 bits per heavy atom. The van der Waals surface area contributed by atoms with E-state index in [2.05, 4.69) is 15.5 Å². The Bertz CT molecular complexity index is 624. The number of ether oxygens (including phenoxy) is 2. The van der Waals surface area contributed by atoms with Crippen molar-refractivity contribution in [1.82, 2.24) is 10.2 Å². The van der Waals surface area contributed by atoms with Crippen molar-refractivity contribution in [2.75, 3.05) is 18.5 Å². The predicted octanol–water partition coefficient (Wildman–Crippen LogP) is 2.49. The normalized spacial score (nSPS) is 16.8. The number of hydrogen-bond acceptors (Lipinski definition) is 5. The largest absolute Gasteiger partial charge is 0.486 e. The van der Waals surface area contributed by atoms with Crippen LogP contribution in [-0.2, 0) is 0 Å². The molecule has 1 N–H and O–H groups in total. The minimum absolute atomic E-state index is 0.587. The second-order valence-electron chi connectivity index (χ2n) is 5.08. The first-order valence-electron chi connectivity index (χ1n) is 6.89. The lowest BCUT2D eigenvalue weighted by atomic mass is 10.1. The molecule has 0 saturated heterocycles. The standard InChI is InChI=1S/C15H15N3O2/c1-5-13-14(20-8-7-19-13)9-10(1)12-4-6-15(18-17-12)16-11-2-3-11/h1,4-6,9,11H,2-3,7-8H2,(H,16,18). The molecule has 1 aliphatic heterocycles. The molecule has 2 aromatic rings. The molecule has 2 aliphatic rings. The summed E-state index contributed by atoms with van der Waals surface area (Å²) in [6, 6.07) is 10.4. The molecule has 0 atom stereocenters. The maximum absolute atomic E-state index is 5.58.